The first kappa shape index (κ1) is 16.7. The highest BCUT2D eigenvalue weighted by molar-refractivity contribution is 5.92. The third kappa shape index (κ3) is 2.84. The number of rotatable bonds is 4. The Kier molecular flexibility index (Phi) is 4.16. The molecule has 1 amide bonds. The maximum atomic E-state index is 12.8. The SMILES string of the molecule is O=C(c1ccc(Oc2ccccc2)o1)N1C[C@H]2COCC[C@@]2(C(=O)O)C1. The predicted molar refractivity (Wildman–Crippen MR) is 90.1 cm³/mol. The minimum atomic E-state index is -0.927. The maximum absolute atomic E-state index is 12.8. The third-order valence-corrected chi connectivity index (χ3v) is 5.17. The molecule has 2 aromatic rings. The molecule has 0 bridgehead atoms. The average molecular weight is 357 g/mol. The number of hydrogen-bond donors (Lipinski definition) is 1. The van der Waals surface area contributed by atoms with Crippen LogP contribution in [0.25, 0.3) is 0 Å². The summed E-state index contributed by atoms with van der Waals surface area (Å²) in [6, 6.07) is 12.2. The lowest BCUT2D eigenvalue weighted by atomic mass is 9.74. The molecule has 4 rings (SSSR count). The van der Waals surface area contributed by atoms with Gasteiger partial charge in [-0.1, -0.05) is 18.2 Å². The van der Waals surface area contributed by atoms with Gasteiger partial charge in [0.25, 0.3) is 11.9 Å². The van der Waals surface area contributed by atoms with Gasteiger partial charge in [0.2, 0.25) is 0 Å². The Labute approximate surface area is 150 Å². The van der Waals surface area contributed by atoms with Crippen LogP contribution in [0.2, 0.25) is 0 Å². The molecule has 0 radical (unpaired) electrons. The Morgan fingerprint density at radius 2 is 2.00 bits per heavy atom. The third-order valence-electron chi connectivity index (χ3n) is 5.17. The van der Waals surface area contributed by atoms with E-state index in [4.69, 9.17) is 13.9 Å². The fourth-order valence-electron chi connectivity index (χ4n) is 3.70. The normalized spacial score (nSPS) is 24.9. The molecule has 7 nitrogen and oxygen atoms in total. The molecule has 2 saturated heterocycles. The number of nitrogens with zero attached hydrogens (tertiary/aromatic N) is 1. The molecular weight excluding hydrogens is 338 g/mol. The first-order valence-corrected chi connectivity index (χ1v) is 8.52. The van der Waals surface area contributed by atoms with Crippen LogP contribution in [-0.2, 0) is 9.53 Å². The van der Waals surface area contributed by atoms with Gasteiger partial charge in [0.05, 0.1) is 12.0 Å². The first-order chi connectivity index (χ1) is 12.6. The number of fused-ring (bicyclic) bond motifs is 1. The van der Waals surface area contributed by atoms with Crippen LogP contribution in [-0.4, -0.2) is 48.2 Å². The van der Waals surface area contributed by atoms with E-state index in [9.17, 15) is 14.7 Å². The van der Waals surface area contributed by atoms with Crippen LogP contribution in [0, 0.1) is 11.3 Å². The predicted octanol–water partition coefficient (Wildman–Crippen LogP) is 2.64. The van der Waals surface area contributed by atoms with Crippen LogP contribution >= 0.6 is 0 Å². The number of furan rings is 1. The fraction of sp³-hybridized carbons (Fsp3) is 0.368. The van der Waals surface area contributed by atoms with Crippen molar-refractivity contribution in [1.29, 1.82) is 0 Å². The van der Waals surface area contributed by atoms with Gasteiger partial charge in [-0.15, -0.1) is 0 Å². The number of amides is 1. The second-order valence-corrected chi connectivity index (χ2v) is 6.70. The molecule has 26 heavy (non-hydrogen) atoms. The number of carboxylic acid groups (broad SMARTS) is 1. The van der Waals surface area contributed by atoms with Crippen molar-refractivity contribution in [3.8, 4) is 11.7 Å². The van der Waals surface area contributed by atoms with Crippen molar-refractivity contribution in [2.45, 2.75) is 6.42 Å². The van der Waals surface area contributed by atoms with Crippen LogP contribution < -0.4 is 4.74 Å². The van der Waals surface area contributed by atoms with Crippen molar-refractivity contribution in [1.82, 2.24) is 4.90 Å². The molecule has 2 fully saturated rings. The van der Waals surface area contributed by atoms with E-state index >= 15 is 0 Å². The average Bonchev–Trinajstić information content (AvgIpc) is 3.27. The van der Waals surface area contributed by atoms with E-state index in [1.54, 1.807) is 29.2 Å². The molecule has 0 spiro atoms. The van der Waals surface area contributed by atoms with Crippen LogP contribution in [0.1, 0.15) is 17.0 Å². The number of benzene rings is 1. The second-order valence-electron chi connectivity index (χ2n) is 6.70. The Morgan fingerprint density at radius 1 is 1.19 bits per heavy atom. The standard InChI is InChI=1S/C19H19NO6/c21-17(15-6-7-16(26-15)25-14-4-2-1-3-5-14)20-10-13-11-24-9-8-19(13,12-20)18(22)23/h1-7,13H,8-12H2,(H,22,23)/t13-,19+/m0/s1. The van der Waals surface area contributed by atoms with Crippen molar-refractivity contribution >= 4 is 11.9 Å². The lowest BCUT2D eigenvalue weighted by Gasteiger charge is -2.33. The van der Waals surface area contributed by atoms with E-state index in [2.05, 4.69) is 0 Å². The summed E-state index contributed by atoms with van der Waals surface area (Å²) < 4.78 is 16.5. The molecule has 0 unspecified atom stereocenters. The zero-order chi connectivity index (χ0) is 18.1. The van der Waals surface area contributed by atoms with Gasteiger partial charge >= 0.3 is 5.97 Å². The Morgan fingerprint density at radius 3 is 2.73 bits per heavy atom. The number of carbonyl (C=O) groups is 2. The van der Waals surface area contributed by atoms with Gasteiger partial charge in [-0.2, -0.15) is 0 Å². The van der Waals surface area contributed by atoms with Crippen molar-refractivity contribution in [2.75, 3.05) is 26.3 Å². The van der Waals surface area contributed by atoms with Gasteiger partial charge in [-0.05, 0) is 24.6 Å². The number of ether oxygens (including phenoxy) is 2. The molecule has 2 aliphatic heterocycles. The van der Waals surface area contributed by atoms with E-state index in [0.717, 1.165) is 0 Å². The molecule has 7 heteroatoms. The second kappa shape index (κ2) is 6.49. The zero-order valence-electron chi connectivity index (χ0n) is 14.1. The number of aliphatic carboxylic acids is 1. The summed E-state index contributed by atoms with van der Waals surface area (Å²) in [5.74, 6) is -0.442. The number of likely N-dealkylation sites (tertiary alicyclic amines) is 1. The van der Waals surface area contributed by atoms with Crippen molar-refractivity contribution in [2.24, 2.45) is 11.3 Å². The van der Waals surface area contributed by atoms with Gasteiger partial charge in [-0.25, -0.2) is 0 Å². The highest BCUT2D eigenvalue weighted by Gasteiger charge is 2.55. The molecular formula is C19H19NO6. The fourth-order valence-corrected chi connectivity index (χ4v) is 3.70. The van der Waals surface area contributed by atoms with Gasteiger partial charge in [-0.3, -0.25) is 9.59 Å². The summed E-state index contributed by atoms with van der Waals surface area (Å²) >= 11 is 0. The lowest BCUT2D eigenvalue weighted by Crippen LogP contribution is -2.45. The number of carboxylic acids is 1. The van der Waals surface area contributed by atoms with Gasteiger partial charge < -0.3 is 23.9 Å². The van der Waals surface area contributed by atoms with E-state index in [1.165, 1.54) is 0 Å². The van der Waals surface area contributed by atoms with Crippen LogP contribution in [0.15, 0.2) is 46.9 Å². The minimum Gasteiger partial charge on any atom is -0.481 e. The molecule has 1 aromatic carbocycles. The van der Waals surface area contributed by atoms with Crippen LogP contribution in [0.4, 0.5) is 0 Å². The van der Waals surface area contributed by atoms with Crippen LogP contribution in [0.3, 0.4) is 0 Å². The van der Waals surface area contributed by atoms with Crippen molar-refractivity contribution in [3.63, 3.8) is 0 Å². The molecule has 0 saturated carbocycles. The maximum Gasteiger partial charge on any atom is 0.311 e. The monoisotopic (exact) mass is 357 g/mol. The number of carbonyl (C=O) groups excluding carboxylic acids is 1. The largest absolute Gasteiger partial charge is 0.481 e. The number of hydrogen-bond acceptors (Lipinski definition) is 5. The quantitative estimate of drug-likeness (QED) is 0.905. The summed E-state index contributed by atoms with van der Waals surface area (Å²) in [5.41, 5.74) is -0.927. The van der Waals surface area contributed by atoms with Gasteiger partial charge in [0.1, 0.15) is 5.75 Å². The topological polar surface area (TPSA) is 89.2 Å². The zero-order valence-corrected chi connectivity index (χ0v) is 14.1. The summed E-state index contributed by atoms with van der Waals surface area (Å²) in [6.45, 7) is 1.28. The van der Waals surface area contributed by atoms with E-state index in [0.29, 0.717) is 31.9 Å². The molecule has 136 valence electrons. The minimum absolute atomic E-state index is 0.135. The molecule has 2 atom stereocenters. The highest BCUT2D eigenvalue weighted by Crippen LogP contribution is 2.43. The summed E-state index contributed by atoms with van der Waals surface area (Å²) in [5, 5.41) is 9.70. The van der Waals surface area contributed by atoms with Crippen LogP contribution in [0.5, 0.6) is 11.7 Å². The number of para-hydroxylation sites is 1. The Bertz CT molecular complexity index is 816. The molecule has 2 aliphatic rings. The molecule has 3 heterocycles. The highest BCUT2D eigenvalue weighted by atomic mass is 16.6. The smallest absolute Gasteiger partial charge is 0.311 e. The lowest BCUT2D eigenvalue weighted by molar-refractivity contribution is -0.157. The summed E-state index contributed by atoms with van der Waals surface area (Å²) in [7, 11) is 0. The van der Waals surface area contributed by atoms with E-state index in [-0.39, 0.29) is 30.1 Å². The van der Waals surface area contributed by atoms with E-state index < -0.39 is 11.4 Å². The first-order valence-electron chi connectivity index (χ1n) is 8.52. The van der Waals surface area contributed by atoms with Gasteiger partial charge in [0.15, 0.2) is 5.76 Å². The Balaban J connectivity index is 1.49. The van der Waals surface area contributed by atoms with E-state index in [1.807, 2.05) is 18.2 Å². The van der Waals surface area contributed by atoms with Crippen molar-refractivity contribution in [3.05, 3.63) is 48.2 Å². The summed E-state index contributed by atoms with van der Waals surface area (Å²) in [6.07, 6.45) is 0.414. The molecule has 0 aliphatic carbocycles. The summed E-state index contributed by atoms with van der Waals surface area (Å²) in [4.78, 5) is 26.1. The molecule has 1 N–H and O–H groups in total. The molecule has 1 aromatic heterocycles. The van der Waals surface area contributed by atoms with Gasteiger partial charge in [0, 0.05) is 31.7 Å². The Hall–Kier alpha value is -2.80. The van der Waals surface area contributed by atoms with Crippen molar-refractivity contribution < 1.29 is 28.6 Å².